The number of aldehydes is 1. The molecular formula is C26H21N3OS. The average molecular weight is 424 g/mol. The van der Waals surface area contributed by atoms with Crippen LogP contribution < -0.4 is 5.32 Å². The van der Waals surface area contributed by atoms with Gasteiger partial charge in [-0.2, -0.15) is 11.3 Å². The molecule has 5 heteroatoms. The molecule has 0 radical (unpaired) electrons. The zero-order chi connectivity index (χ0) is 21.1. The second kappa shape index (κ2) is 8.20. The zero-order valence-corrected chi connectivity index (χ0v) is 17.6. The fourth-order valence-electron chi connectivity index (χ4n) is 4.19. The largest absolute Gasteiger partial charge is 0.338 e. The second-order valence-electron chi connectivity index (χ2n) is 7.48. The van der Waals surface area contributed by atoms with Crippen molar-refractivity contribution in [2.45, 2.75) is 11.8 Å². The number of benzene rings is 2. The van der Waals surface area contributed by atoms with Crippen molar-refractivity contribution < 1.29 is 4.79 Å². The summed E-state index contributed by atoms with van der Waals surface area (Å²) in [7, 11) is 0. The Balaban J connectivity index is 1.65. The number of nitrogens with one attached hydrogen (secondary N) is 1. The molecule has 0 saturated heterocycles. The average Bonchev–Trinajstić information content (AvgIpc) is 3.48. The van der Waals surface area contributed by atoms with Gasteiger partial charge < -0.3 is 5.32 Å². The lowest BCUT2D eigenvalue weighted by atomic mass is 9.69. The molecule has 1 aliphatic carbocycles. The summed E-state index contributed by atoms with van der Waals surface area (Å²) in [5, 5.41) is 12.5. The molecule has 1 aliphatic rings. The molecule has 1 N–H and O–H groups in total. The molecule has 4 aromatic rings. The van der Waals surface area contributed by atoms with E-state index in [1.807, 2.05) is 41.1 Å². The summed E-state index contributed by atoms with van der Waals surface area (Å²) in [4.78, 5) is 11.0. The Kier molecular flexibility index (Phi) is 5.10. The predicted molar refractivity (Wildman–Crippen MR) is 128 cm³/mol. The van der Waals surface area contributed by atoms with Gasteiger partial charge in [0.05, 0.1) is 5.69 Å². The maximum atomic E-state index is 11.0. The monoisotopic (exact) mass is 423 g/mol. The van der Waals surface area contributed by atoms with Crippen molar-refractivity contribution in [2.24, 2.45) is 0 Å². The third-order valence-corrected chi connectivity index (χ3v) is 6.38. The van der Waals surface area contributed by atoms with Crippen LogP contribution >= 0.6 is 11.3 Å². The molecule has 0 fully saturated rings. The van der Waals surface area contributed by atoms with Gasteiger partial charge in [-0.25, -0.2) is 4.68 Å². The molecule has 1 unspecified atom stereocenters. The second-order valence-corrected chi connectivity index (χ2v) is 8.26. The smallest absolute Gasteiger partial charge is 0.160 e. The number of thiophene rings is 1. The quantitative estimate of drug-likeness (QED) is 0.310. The molecule has 2 aromatic carbocycles. The molecule has 2 heterocycles. The Morgan fingerprint density at radius 1 is 1.00 bits per heavy atom. The van der Waals surface area contributed by atoms with Crippen LogP contribution in [0.3, 0.4) is 0 Å². The molecule has 1 atom stereocenters. The van der Waals surface area contributed by atoms with E-state index in [0.717, 1.165) is 35.5 Å². The SMILES string of the molecule is O=CC=Cn1nc(Nc2ccccc2)c2c1CC(c1ccccc1)(c1ccsc1)C=C2. The summed E-state index contributed by atoms with van der Waals surface area (Å²) in [6, 6.07) is 22.8. The summed E-state index contributed by atoms with van der Waals surface area (Å²) < 4.78 is 1.82. The molecule has 0 bridgehead atoms. The van der Waals surface area contributed by atoms with E-state index in [0.29, 0.717) is 0 Å². The van der Waals surface area contributed by atoms with Gasteiger partial charge in [0.1, 0.15) is 6.29 Å². The number of carbonyl (C=O) groups is 1. The van der Waals surface area contributed by atoms with Crippen LogP contribution in [-0.4, -0.2) is 16.1 Å². The third kappa shape index (κ3) is 3.53. The molecule has 5 rings (SSSR count). The van der Waals surface area contributed by atoms with Gasteiger partial charge in [-0.15, -0.1) is 5.10 Å². The van der Waals surface area contributed by atoms with Crippen LogP contribution in [0.15, 0.2) is 89.6 Å². The van der Waals surface area contributed by atoms with E-state index in [1.54, 1.807) is 17.5 Å². The number of fused-ring (bicyclic) bond motifs is 1. The number of para-hydroxylation sites is 1. The number of aromatic nitrogens is 2. The summed E-state index contributed by atoms with van der Waals surface area (Å²) in [6.07, 6.45) is 9.18. The first kappa shape index (κ1) is 19.3. The van der Waals surface area contributed by atoms with Crippen LogP contribution in [0.4, 0.5) is 11.5 Å². The first-order valence-electron chi connectivity index (χ1n) is 10.1. The third-order valence-electron chi connectivity index (χ3n) is 5.70. The van der Waals surface area contributed by atoms with E-state index in [-0.39, 0.29) is 5.41 Å². The van der Waals surface area contributed by atoms with Crippen LogP contribution in [0.5, 0.6) is 0 Å². The summed E-state index contributed by atoms with van der Waals surface area (Å²) in [5.74, 6) is 0.778. The van der Waals surface area contributed by atoms with Gasteiger partial charge in [-0.1, -0.05) is 60.7 Å². The van der Waals surface area contributed by atoms with Gasteiger partial charge in [0.2, 0.25) is 0 Å². The molecule has 0 spiro atoms. The van der Waals surface area contributed by atoms with Crippen molar-refractivity contribution in [3.05, 3.63) is 112 Å². The Morgan fingerprint density at radius 3 is 2.48 bits per heavy atom. The summed E-state index contributed by atoms with van der Waals surface area (Å²) in [5.41, 5.74) is 5.29. The molecule has 0 amide bonds. The highest BCUT2D eigenvalue weighted by molar-refractivity contribution is 7.08. The molecule has 4 nitrogen and oxygen atoms in total. The van der Waals surface area contributed by atoms with Crippen LogP contribution in [-0.2, 0) is 16.6 Å². The fourth-order valence-corrected chi connectivity index (χ4v) is 4.93. The van der Waals surface area contributed by atoms with Gasteiger partial charge in [0.15, 0.2) is 5.82 Å². The topological polar surface area (TPSA) is 46.9 Å². The minimum absolute atomic E-state index is 0.287. The molecular weight excluding hydrogens is 402 g/mol. The number of hydrogen-bond acceptors (Lipinski definition) is 4. The Morgan fingerprint density at radius 2 is 1.77 bits per heavy atom. The van der Waals surface area contributed by atoms with Crippen molar-refractivity contribution in [2.75, 3.05) is 5.32 Å². The number of nitrogens with zero attached hydrogens (tertiary/aromatic N) is 2. The standard InChI is InChI=1S/C26H21N3OS/c30-16-7-15-29-24-18-26(21-13-17-31-19-21,20-8-3-1-4-9-20)14-12-23(24)25(28-29)27-22-10-5-2-6-11-22/h1-17,19H,18H2,(H,27,28). The number of anilines is 2. The van der Waals surface area contributed by atoms with Gasteiger partial charge in [0, 0.05) is 29.3 Å². The van der Waals surface area contributed by atoms with Gasteiger partial charge >= 0.3 is 0 Å². The molecule has 152 valence electrons. The van der Waals surface area contributed by atoms with Gasteiger partial charge in [-0.3, -0.25) is 4.79 Å². The van der Waals surface area contributed by atoms with E-state index in [1.165, 1.54) is 17.2 Å². The van der Waals surface area contributed by atoms with Crippen LogP contribution in [0.25, 0.3) is 12.3 Å². The number of allylic oxidation sites excluding steroid dienone is 2. The van der Waals surface area contributed by atoms with E-state index < -0.39 is 0 Å². The van der Waals surface area contributed by atoms with E-state index in [2.05, 4.69) is 58.6 Å². The zero-order valence-electron chi connectivity index (χ0n) is 16.8. The summed E-state index contributed by atoms with van der Waals surface area (Å²) in [6.45, 7) is 0. The van der Waals surface area contributed by atoms with Crippen molar-refractivity contribution >= 4 is 41.4 Å². The van der Waals surface area contributed by atoms with Crippen LogP contribution in [0.2, 0.25) is 0 Å². The Hall–Kier alpha value is -3.70. The number of carbonyl (C=O) groups excluding carboxylic acids is 1. The van der Waals surface area contributed by atoms with Crippen molar-refractivity contribution in [3.8, 4) is 0 Å². The Labute approximate surface area is 185 Å². The maximum Gasteiger partial charge on any atom is 0.160 e. The van der Waals surface area contributed by atoms with E-state index in [4.69, 9.17) is 5.10 Å². The molecule has 2 aromatic heterocycles. The van der Waals surface area contributed by atoms with E-state index in [9.17, 15) is 4.79 Å². The number of rotatable bonds is 6. The fraction of sp³-hybridized carbons (Fsp3) is 0.0769. The normalized spacial score (nSPS) is 17.5. The van der Waals surface area contributed by atoms with Crippen molar-refractivity contribution in [1.82, 2.24) is 9.78 Å². The maximum absolute atomic E-state index is 11.0. The van der Waals surface area contributed by atoms with Gasteiger partial charge in [-0.05, 0) is 46.2 Å². The number of hydrogen-bond donors (Lipinski definition) is 1. The highest BCUT2D eigenvalue weighted by atomic mass is 32.1. The molecule has 31 heavy (non-hydrogen) atoms. The first-order chi connectivity index (χ1) is 15.3. The van der Waals surface area contributed by atoms with E-state index >= 15 is 0 Å². The first-order valence-corrected chi connectivity index (χ1v) is 11.1. The minimum atomic E-state index is -0.287. The van der Waals surface area contributed by atoms with Crippen LogP contribution in [0.1, 0.15) is 22.4 Å². The van der Waals surface area contributed by atoms with Crippen molar-refractivity contribution in [1.29, 1.82) is 0 Å². The lowest BCUT2D eigenvalue weighted by molar-refractivity contribution is -0.104. The highest BCUT2D eigenvalue weighted by Gasteiger charge is 2.37. The lowest BCUT2D eigenvalue weighted by Gasteiger charge is -2.34. The highest BCUT2D eigenvalue weighted by Crippen LogP contribution is 2.44. The van der Waals surface area contributed by atoms with Gasteiger partial charge in [0.25, 0.3) is 0 Å². The lowest BCUT2D eigenvalue weighted by Crippen LogP contribution is -2.30. The Bertz CT molecular complexity index is 1240. The predicted octanol–water partition coefficient (Wildman–Crippen LogP) is 5.91. The molecule has 0 saturated carbocycles. The van der Waals surface area contributed by atoms with Crippen LogP contribution in [0, 0.1) is 0 Å². The minimum Gasteiger partial charge on any atom is -0.338 e. The van der Waals surface area contributed by atoms with Crippen molar-refractivity contribution in [3.63, 3.8) is 0 Å². The summed E-state index contributed by atoms with van der Waals surface area (Å²) >= 11 is 1.70. The molecule has 0 aliphatic heterocycles.